The highest BCUT2D eigenvalue weighted by atomic mass is 15.1. The molecule has 0 heterocycles. The Balaban J connectivity index is 0.000000265. The zero-order chi connectivity index (χ0) is 11.5. The van der Waals surface area contributed by atoms with Gasteiger partial charge in [0.2, 0.25) is 0 Å². The summed E-state index contributed by atoms with van der Waals surface area (Å²) in [6.07, 6.45) is 1.14. The van der Waals surface area contributed by atoms with Gasteiger partial charge in [-0.2, -0.15) is 0 Å². The van der Waals surface area contributed by atoms with Crippen LogP contribution in [0.2, 0.25) is 0 Å². The highest BCUT2D eigenvalue weighted by molar-refractivity contribution is 5.13. The van der Waals surface area contributed by atoms with Crippen LogP contribution in [0, 0.1) is 0 Å². The third-order valence-corrected chi connectivity index (χ3v) is 2.59. The first-order chi connectivity index (χ1) is 7.28. The first-order valence-electron chi connectivity index (χ1n) is 6.04. The Hall–Kier alpha value is -0.820. The SMILES string of the molecule is CCN(CC)CC.CCc1ccccc1. The fourth-order valence-corrected chi connectivity index (χ4v) is 1.38. The van der Waals surface area contributed by atoms with Crippen molar-refractivity contribution in [2.75, 3.05) is 19.6 Å². The number of benzene rings is 1. The van der Waals surface area contributed by atoms with Gasteiger partial charge in [-0.05, 0) is 31.6 Å². The first-order valence-corrected chi connectivity index (χ1v) is 6.04. The van der Waals surface area contributed by atoms with Crippen molar-refractivity contribution in [2.24, 2.45) is 0 Å². The molecule has 1 aromatic carbocycles. The Morgan fingerprint density at radius 1 is 0.800 bits per heavy atom. The fourth-order valence-electron chi connectivity index (χ4n) is 1.38. The molecule has 1 nitrogen and oxygen atoms in total. The molecule has 0 saturated heterocycles. The van der Waals surface area contributed by atoms with E-state index in [0.717, 1.165) is 6.42 Å². The predicted molar refractivity (Wildman–Crippen MR) is 69.3 cm³/mol. The van der Waals surface area contributed by atoms with Crippen LogP contribution in [0.15, 0.2) is 30.3 Å². The molecule has 0 N–H and O–H groups in total. The third-order valence-electron chi connectivity index (χ3n) is 2.59. The van der Waals surface area contributed by atoms with Crippen molar-refractivity contribution < 1.29 is 0 Å². The molecule has 15 heavy (non-hydrogen) atoms. The van der Waals surface area contributed by atoms with Gasteiger partial charge < -0.3 is 4.90 Å². The fraction of sp³-hybridized carbons (Fsp3) is 0.571. The lowest BCUT2D eigenvalue weighted by molar-refractivity contribution is 0.321. The van der Waals surface area contributed by atoms with E-state index >= 15 is 0 Å². The maximum absolute atomic E-state index is 2.38. The molecular formula is C14H25N. The lowest BCUT2D eigenvalue weighted by atomic mass is 10.2. The molecular weight excluding hydrogens is 182 g/mol. The molecule has 0 amide bonds. The Labute approximate surface area is 95.1 Å². The van der Waals surface area contributed by atoms with Crippen LogP contribution in [0.3, 0.4) is 0 Å². The van der Waals surface area contributed by atoms with Crippen molar-refractivity contribution in [3.63, 3.8) is 0 Å². The van der Waals surface area contributed by atoms with Crippen LogP contribution in [0.25, 0.3) is 0 Å². The van der Waals surface area contributed by atoms with Crippen LogP contribution < -0.4 is 0 Å². The Bertz CT molecular complexity index is 209. The Kier molecular flexibility index (Phi) is 9.19. The summed E-state index contributed by atoms with van der Waals surface area (Å²) in [7, 11) is 0. The Morgan fingerprint density at radius 2 is 1.27 bits per heavy atom. The summed E-state index contributed by atoms with van der Waals surface area (Å²) in [5.74, 6) is 0. The average Bonchev–Trinajstić information content (AvgIpc) is 2.33. The molecule has 1 rings (SSSR count). The molecule has 0 fully saturated rings. The average molecular weight is 207 g/mol. The summed E-state index contributed by atoms with van der Waals surface area (Å²) in [5, 5.41) is 0. The van der Waals surface area contributed by atoms with Crippen molar-refractivity contribution in [2.45, 2.75) is 34.1 Å². The molecule has 0 aliphatic heterocycles. The van der Waals surface area contributed by atoms with Crippen LogP contribution in [0.4, 0.5) is 0 Å². The van der Waals surface area contributed by atoms with E-state index in [1.807, 2.05) is 6.07 Å². The van der Waals surface area contributed by atoms with E-state index in [4.69, 9.17) is 0 Å². The van der Waals surface area contributed by atoms with E-state index in [1.165, 1.54) is 25.2 Å². The predicted octanol–water partition coefficient (Wildman–Crippen LogP) is 3.60. The monoisotopic (exact) mass is 207 g/mol. The molecule has 0 spiro atoms. The van der Waals surface area contributed by atoms with E-state index in [0.29, 0.717) is 0 Å². The van der Waals surface area contributed by atoms with Gasteiger partial charge in [0.15, 0.2) is 0 Å². The Morgan fingerprint density at radius 3 is 1.47 bits per heavy atom. The van der Waals surface area contributed by atoms with Gasteiger partial charge in [0, 0.05) is 0 Å². The van der Waals surface area contributed by atoms with E-state index in [-0.39, 0.29) is 0 Å². The van der Waals surface area contributed by atoms with Crippen LogP contribution in [-0.2, 0) is 6.42 Å². The third kappa shape index (κ3) is 7.15. The van der Waals surface area contributed by atoms with Gasteiger partial charge in [-0.3, -0.25) is 0 Å². The standard InChI is InChI=1S/C8H10.C6H15N/c1-2-8-6-4-3-5-7-8;1-4-7(5-2)6-3/h3-7H,2H2,1H3;4-6H2,1-3H3. The zero-order valence-corrected chi connectivity index (χ0v) is 10.7. The maximum Gasteiger partial charge on any atom is -0.00474 e. The second kappa shape index (κ2) is 9.72. The molecule has 0 bridgehead atoms. The summed E-state index contributed by atoms with van der Waals surface area (Å²) in [5.41, 5.74) is 1.41. The van der Waals surface area contributed by atoms with Crippen LogP contribution in [-0.4, -0.2) is 24.5 Å². The summed E-state index contributed by atoms with van der Waals surface area (Å²) >= 11 is 0. The minimum atomic E-state index is 1.14. The quantitative estimate of drug-likeness (QED) is 0.729. The lowest BCUT2D eigenvalue weighted by Gasteiger charge is -2.13. The lowest BCUT2D eigenvalue weighted by Crippen LogP contribution is -2.21. The number of rotatable bonds is 4. The minimum Gasteiger partial charge on any atom is -0.304 e. The molecule has 0 unspecified atom stereocenters. The van der Waals surface area contributed by atoms with Crippen LogP contribution >= 0.6 is 0 Å². The zero-order valence-electron chi connectivity index (χ0n) is 10.7. The van der Waals surface area contributed by atoms with Crippen molar-refractivity contribution in [3.05, 3.63) is 35.9 Å². The molecule has 1 heteroatoms. The van der Waals surface area contributed by atoms with E-state index in [2.05, 4.69) is 56.9 Å². The summed E-state index contributed by atoms with van der Waals surface area (Å²) in [6.45, 7) is 12.3. The van der Waals surface area contributed by atoms with Crippen molar-refractivity contribution in [3.8, 4) is 0 Å². The van der Waals surface area contributed by atoms with E-state index in [9.17, 15) is 0 Å². The summed E-state index contributed by atoms with van der Waals surface area (Å²) in [4.78, 5) is 2.38. The van der Waals surface area contributed by atoms with E-state index < -0.39 is 0 Å². The molecule has 0 aliphatic carbocycles. The highest BCUT2D eigenvalue weighted by Gasteiger charge is 1.89. The maximum atomic E-state index is 2.38. The first kappa shape index (κ1) is 14.2. The van der Waals surface area contributed by atoms with Gasteiger partial charge in [-0.25, -0.2) is 0 Å². The van der Waals surface area contributed by atoms with Crippen molar-refractivity contribution >= 4 is 0 Å². The number of hydrogen-bond donors (Lipinski definition) is 0. The smallest absolute Gasteiger partial charge is 0.00474 e. The number of nitrogens with zero attached hydrogens (tertiary/aromatic N) is 1. The molecule has 0 aliphatic rings. The van der Waals surface area contributed by atoms with Gasteiger partial charge in [-0.15, -0.1) is 0 Å². The second-order valence-electron chi connectivity index (χ2n) is 3.46. The normalized spacial score (nSPS) is 9.67. The second-order valence-corrected chi connectivity index (χ2v) is 3.46. The minimum absolute atomic E-state index is 1.14. The van der Waals surface area contributed by atoms with Gasteiger partial charge >= 0.3 is 0 Å². The molecule has 86 valence electrons. The summed E-state index contributed by atoms with van der Waals surface area (Å²) in [6, 6.07) is 10.5. The molecule has 1 aromatic rings. The van der Waals surface area contributed by atoms with Gasteiger partial charge in [0.05, 0.1) is 0 Å². The van der Waals surface area contributed by atoms with Gasteiger partial charge in [-0.1, -0.05) is 58.0 Å². The highest BCUT2D eigenvalue weighted by Crippen LogP contribution is 1.96. The molecule has 0 aromatic heterocycles. The van der Waals surface area contributed by atoms with Gasteiger partial charge in [0.1, 0.15) is 0 Å². The topological polar surface area (TPSA) is 3.24 Å². The summed E-state index contributed by atoms with van der Waals surface area (Å²) < 4.78 is 0. The molecule has 0 saturated carbocycles. The van der Waals surface area contributed by atoms with Crippen molar-refractivity contribution in [1.82, 2.24) is 4.90 Å². The van der Waals surface area contributed by atoms with Gasteiger partial charge in [0.25, 0.3) is 0 Å². The largest absolute Gasteiger partial charge is 0.304 e. The van der Waals surface area contributed by atoms with Crippen LogP contribution in [0.5, 0.6) is 0 Å². The number of hydrogen-bond acceptors (Lipinski definition) is 1. The number of aryl methyl sites for hydroxylation is 1. The van der Waals surface area contributed by atoms with Crippen molar-refractivity contribution in [1.29, 1.82) is 0 Å². The van der Waals surface area contributed by atoms with E-state index in [1.54, 1.807) is 0 Å². The molecule has 0 atom stereocenters. The van der Waals surface area contributed by atoms with Crippen LogP contribution in [0.1, 0.15) is 33.3 Å². The molecule has 0 radical (unpaired) electrons.